The van der Waals surface area contributed by atoms with Crippen molar-refractivity contribution in [2.75, 3.05) is 13.7 Å². The molecule has 1 saturated heterocycles. The van der Waals surface area contributed by atoms with Crippen LogP contribution in [0.3, 0.4) is 0 Å². The first-order chi connectivity index (χ1) is 16.0. The molecular formula is C21H29N3O10. The minimum Gasteiger partial charge on any atom is -0.477 e. The molecule has 0 bridgehead atoms. The number of carbonyl (C=O) groups is 4. The lowest BCUT2D eigenvalue weighted by Crippen LogP contribution is -2.68. The summed E-state index contributed by atoms with van der Waals surface area (Å²) in [6.07, 6.45) is -7.38. The van der Waals surface area contributed by atoms with Gasteiger partial charge in [0.15, 0.2) is 0 Å². The van der Waals surface area contributed by atoms with Crippen LogP contribution in [0.25, 0.3) is 0 Å². The van der Waals surface area contributed by atoms with Crippen LogP contribution in [0.15, 0.2) is 30.3 Å². The highest BCUT2D eigenvalue weighted by Crippen LogP contribution is 2.32. The number of methoxy groups -OCH3 is 1. The van der Waals surface area contributed by atoms with E-state index in [0.29, 0.717) is 0 Å². The van der Waals surface area contributed by atoms with Gasteiger partial charge >= 0.3 is 17.8 Å². The third kappa shape index (κ3) is 6.71. The number of aliphatic hydroxyl groups excluding tert-OH is 3. The van der Waals surface area contributed by atoms with Crippen molar-refractivity contribution in [2.24, 2.45) is 0 Å². The lowest BCUT2D eigenvalue weighted by atomic mass is 9.88. The molecule has 7 N–H and O–H groups in total. The second kappa shape index (κ2) is 11.9. The molecule has 0 unspecified atom stereocenters. The summed E-state index contributed by atoms with van der Waals surface area (Å²) >= 11 is 0. The van der Waals surface area contributed by atoms with E-state index < -0.39 is 72.9 Å². The fraction of sp³-hybridized carbons (Fsp3) is 0.524. The topological polar surface area (TPSA) is 204 Å². The van der Waals surface area contributed by atoms with Crippen LogP contribution in [-0.2, 0) is 35.2 Å². The summed E-state index contributed by atoms with van der Waals surface area (Å²) < 4.78 is 10.3. The molecule has 1 aliphatic rings. The first-order valence-corrected chi connectivity index (χ1v) is 10.4. The van der Waals surface area contributed by atoms with Gasteiger partial charge in [-0.3, -0.25) is 14.4 Å². The Morgan fingerprint density at radius 1 is 1.15 bits per heavy atom. The number of hydrogen-bond acceptors (Lipinski definition) is 9. The summed E-state index contributed by atoms with van der Waals surface area (Å²) in [4.78, 5) is 47.2. The molecule has 1 aliphatic heterocycles. The van der Waals surface area contributed by atoms with E-state index in [-0.39, 0.29) is 6.54 Å². The summed E-state index contributed by atoms with van der Waals surface area (Å²) in [7, 11) is 1.02. The molecule has 1 fully saturated rings. The Labute approximate surface area is 195 Å². The Balaban J connectivity index is 2.02. The summed E-state index contributed by atoms with van der Waals surface area (Å²) in [6.45, 7) is 0.615. The zero-order valence-electron chi connectivity index (χ0n) is 18.6. The van der Waals surface area contributed by atoms with Crippen LogP contribution in [-0.4, -0.2) is 94.0 Å². The van der Waals surface area contributed by atoms with Crippen LogP contribution in [0.5, 0.6) is 0 Å². The van der Waals surface area contributed by atoms with Gasteiger partial charge < -0.3 is 45.9 Å². The highest BCUT2D eigenvalue weighted by molar-refractivity contribution is 6.35. The molecule has 13 nitrogen and oxygen atoms in total. The second-order valence-electron chi connectivity index (χ2n) is 7.78. The number of carbonyl (C=O) groups excluding carboxylic acids is 3. The van der Waals surface area contributed by atoms with Crippen LogP contribution in [0.2, 0.25) is 0 Å². The van der Waals surface area contributed by atoms with Gasteiger partial charge in [-0.25, -0.2) is 4.79 Å². The molecular weight excluding hydrogens is 454 g/mol. The van der Waals surface area contributed by atoms with Crippen molar-refractivity contribution < 1.29 is 49.1 Å². The SMILES string of the molecule is CO[C@]1(C(=O)O)C[C@H](O)[C@@H](NC(C)=O)[C@H]([C@H](O)[C@H](O)CNC(=O)C(=O)NCc2ccccc2)O1. The standard InChI is InChI=1S/C21H29N3O10/c1-11(25)24-15-13(26)8-21(33-2,20(31)32)34-17(15)16(28)14(27)10-23-19(30)18(29)22-9-12-6-4-3-5-7-12/h3-7,13-17,26-28H,8-10H2,1-2H3,(H,22,29)(H,23,30)(H,24,25)(H,31,32)/t13-,14+,15+,16+,17+,21+/m0/s1. The van der Waals surface area contributed by atoms with Gasteiger partial charge in [0.05, 0.1) is 18.2 Å². The number of amides is 3. The van der Waals surface area contributed by atoms with Crippen molar-refractivity contribution in [2.45, 2.75) is 56.1 Å². The number of hydrogen-bond donors (Lipinski definition) is 7. The summed E-state index contributed by atoms with van der Waals surface area (Å²) in [5.41, 5.74) is 0.760. The smallest absolute Gasteiger partial charge is 0.364 e. The van der Waals surface area contributed by atoms with E-state index in [9.17, 15) is 39.6 Å². The number of carboxylic acid groups (broad SMARTS) is 1. The number of nitrogens with one attached hydrogen (secondary N) is 3. The van der Waals surface area contributed by atoms with Gasteiger partial charge in [-0.1, -0.05) is 30.3 Å². The number of carboxylic acids is 1. The van der Waals surface area contributed by atoms with Crippen molar-refractivity contribution in [3.8, 4) is 0 Å². The number of aliphatic carboxylic acids is 1. The Hall–Kier alpha value is -3.10. The molecule has 0 aromatic heterocycles. The van der Waals surface area contributed by atoms with E-state index in [4.69, 9.17) is 9.47 Å². The quantitative estimate of drug-likeness (QED) is 0.180. The van der Waals surface area contributed by atoms with E-state index in [1.165, 1.54) is 0 Å². The summed E-state index contributed by atoms with van der Waals surface area (Å²) in [5, 5.41) is 47.8. The first-order valence-electron chi connectivity index (χ1n) is 10.4. The Morgan fingerprint density at radius 2 is 1.76 bits per heavy atom. The zero-order chi connectivity index (χ0) is 25.5. The van der Waals surface area contributed by atoms with Gasteiger partial charge in [0.25, 0.3) is 5.79 Å². The molecule has 6 atom stereocenters. The fourth-order valence-electron chi connectivity index (χ4n) is 3.49. The second-order valence-corrected chi connectivity index (χ2v) is 7.78. The average molecular weight is 483 g/mol. The van der Waals surface area contributed by atoms with Crippen molar-refractivity contribution in [1.29, 1.82) is 0 Å². The van der Waals surface area contributed by atoms with E-state index in [0.717, 1.165) is 19.6 Å². The van der Waals surface area contributed by atoms with Crippen molar-refractivity contribution >= 4 is 23.7 Å². The van der Waals surface area contributed by atoms with Crippen molar-refractivity contribution in [3.63, 3.8) is 0 Å². The maximum atomic E-state index is 12.0. The lowest BCUT2D eigenvalue weighted by Gasteiger charge is -2.46. The highest BCUT2D eigenvalue weighted by Gasteiger charge is 2.55. The van der Waals surface area contributed by atoms with Gasteiger partial charge in [0.2, 0.25) is 5.91 Å². The van der Waals surface area contributed by atoms with E-state index >= 15 is 0 Å². The normalized spacial score (nSPS) is 26.1. The summed E-state index contributed by atoms with van der Waals surface area (Å²) in [5.74, 6) is -6.61. The largest absolute Gasteiger partial charge is 0.477 e. The molecule has 1 aromatic carbocycles. The number of aliphatic hydroxyl groups is 3. The van der Waals surface area contributed by atoms with Gasteiger partial charge in [0.1, 0.15) is 12.2 Å². The maximum absolute atomic E-state index is 12.0. The summed E-state index contributed by atoms with van der Waals surface area (Å²) in [6, 6.07) is 7.53. The van der Waals surface area contributed by atoms with E-state index in [1.807, 2.05) is 0 Å². The third-order valence-electron chi connectivity index (χ3n) is 5.30. The third-order valence-corrected chi connectivity index (χ3v) is 5.30. The Bertz CT molecular complexity index is 883. The number of rotatable bonds is 9. The predicted octanol–water partition coefficient (Wildman–Crippen LogP) is -2.78. The van der Waals surface area contributed by atoms with Crippen LogP contribution < -0.4 is 16.0 Å². The van der Waals surface area contributed by atoms with Gasteiger partial charge in [0, 0.05) is 33.5 Å². The van der Waals surface area contributed by atoms with E-state index in [2.05, 4.69) is 16.0 Å². The Morgan fingerprint density at radius 3 is 2.32 bits per heavy atom. The molecule has 0 radical (unpaired) electrons. The van der Waals surface area contributed by atoms with Crippen molar-refractivity contribution in [1.82, 2.24) is 16.0 Å². The molecule has 3 amide bonds. The molecule has 34 heavy (non-hydrogen) atoms. The van der Waals surface area contributed by atoms with Gasteiger partial charge in [-0.15, -0.1) is 0 Å². The highest BCUT2D eigenvalue weighted by atomic mass is 16.7. The fourth-order valence-corrected chi connectivity index (χ4v) is 3.49. The molecule has 1 heterocycles. The molecule has 0 aliphatic carbocycles. The van der Waals surface area contributed by atoms with E-state index in [1.54, 1.807) is 30.3 Å². The lowest BCUT2D eigenvalue weighted by molar-refractivity contribution is -0.303. The zero-order valence-corrected chi connectivity index (χ0v) is 18.6. The predicted molar refractivity (Wildman–Crippen MR) is 114 cm³/mol. The minimum absolute atomic E-state index is 0.0960. The monoisotopic (exact) mass is 483 g/mol. The maximum Gasteiger partial charge on any atom is 0.364 e. The molecule has 0 spiro atoms. The van der Waals surface area contributed by atoms with Crippen LogP contribution in [0.1, 0.15) is 18.9 Å². The Kier molecular flexibility index (Phi) is 9.46. The van der Waals surface area contributed by atoms with Crippen LogP contribution in [0.4, 0.5) is 0 Å². The van der Waals surface area contributed by atoms with Crippen LogP contribution >= 0.6 is 0 Å². The first kappa shape index (κ1) is 27.1. The van der Waals surface area contributed by atoms with Crippen molar-refractivity contribution in [3.05, 3.63) is 35.9 Å². The molecule has 188 valence electrons. The molecule has 2 rings (SSSR count). The average Bonchev–Trinajstić information content (AvgIpc) is 2.81. The number of ether oxygens (including phenoxy) is 2. The van der Waals surface area contributed by atoms with Crippen LogP contribution in [0, 0.1) is 0 Å². The molecule has 13 heteroatoms. The van der Waals surface area contributed by atoms with Gasteiger partial charge in [-0.05, 0) is 5.56 Å². The minimum atomic E-state index is -2.35. The molecule has 1 aromatic rings. The number of benzene rings is 1. The molecule has 0 saturated carbocycles. The van der Waals surface area contributed by atoms with Gasteiger partial charge in [-0.2, -0.15) is 0 Å².